The van der Waals surface area contributed by atoms with E-state index in [1.165, 1.54) is 10.3 Å². The maximum absolute atomic E-state index is 11.5. The van der Waals surface area contributed by atoms with E-state index in [-0.39, 0.29) is 0 Å². The monoisotopic (exact) mass is 254 g/mol. The average molecular weight is 254 g/mol. The van der Waals surface area contributed by atoms with Gasteiger partial charge in [-0.05, 0) is 23.6 Å². The molecule has 2 heterocycles. The summed E-state index contributed by atoms with van der Waals surface area (Å²) in [7, 11) is 1.71. The van der Waals surface area contributed by atoms with Crippen molar-refractivity contribution < 1.29 is 4.52 Å². The van der Waals surface area contributed by atoms with E-state index < -0.39 is 5.63 Å². The minimum Gasteiger partial charge on any atom is -0.334 e. The van der Waals surface area contributed by atoms with Crippen LogP contribution in [0.2, 0.25) is 0 Å². The molecule has 0 bridgehead atoms. The summed E-state index contributed by atoms with van der Waals surface area (Å²) >= 11 is 0. The molecule has 4 nitrogen and oxygen atoms in total. The average Bonchev–Trinajstić information content (AvgIpc) is 2.74. The second kappa shape index (κ2) is 4.39. The molecule has 0 spiro atoms. The highest BCUT2D eigenvalue weighted by Gasteiger charge is 2.09. The van der Waals surface area contributed by atoms with Crippen molar-refractivity contribution >= 4 is 11.0 Å². The molecule has 0 aliphatic rings. The zero-order chi connectivity index (χ0) is 13.4. The second-order valence-electron chi connectivity index (χ2n) is 4.52. The summed E-state index contributed by atoms with van der Waals surface area (Å²) < 4.78 is 6.46. The Labute approximate surface area is 110 Å². The molecule has 4 heteroatoms. The van der Waals surface area contributed by atoms with Gasteiger partial charge in [0.2, 0.25) is 0 Å². The van der Waals surface area contributed by atoms with Crippen molar-refractivity contribution in [1.29, 1.82) is 0 Å². The van der Waals surface area contributed by atoms with Crippen molar-refractivity contribution in [3.63, 3.8) is 0 Å². The van der Waals surface area contributed by atoms with E-state index in [0.717, 1.165) is 17.5 Å². The van der Waals surface area contributed by atoms with Gasteiger partial charge in [-0.15, -0.1) is 0 Å². The molecular weight excluding hydrogens is 240 g/mol. The lowest BCUT2D eigenvalue weighted by atomic mass is 10.0. The van der Waals surface area contributed by atoms with Crippen LogP contribution in [-0.2, 0) is 13.5 Å². The molecule has 0 amide bonds. The predicted octanol–water partition coefficient (Wildman–Crippen LogP) is 2.76. The predicted molar refractivity (Wildman–Crippen MR) is 74.1 cm³/mol. The first-order chi connectivity index (χ1) is 9.19. The van der Waals surface area contributed by atoms with Gasteiger partial charge in [0.25, 0.3) is 0 Å². The molecule has 0 aliphatic carbocycles. The molecule has 96 valence electrons. The quantitative estimate of drug-likeness (QED) is 0.706. The van der Waals surface area contributed by atoms with Gasteiger partial charge in [-0.1, -0.05) is 31.2 Å². The maximum atomic E-state index is 11.5. The number of pyridine rings is 1. The molecule has 0 saturated heterocycles. The fourth-order valence-electron chi connectivity index (χ4n) is 2.20. The highest BCUT2D eigenvalue weighted by Crippen LogP contribution is 2.22. The SMILES string of the molecule is CCc1cccc(-c2cnc3c(=O)on(C)c3c2)c1. The zero-order valence-corrected chi connectivity index (χ0v) is 10.9. The smallest absolute Gasteiger partial charge is 0.334 e. The van der Waals surface area contributed by atoms with Crippen molar-refractivity contribution in [2.24, 2.45) is 7.05 Å². The van der Waals surface area contributed by atoms with Crippen LogP contribution in [0.15, 0.2) is 45.8 Å². The van der Waals surface area contributed by atoms with E-state index in [1.807, 2.05) is 18.2 Å². The Hall–Kier alpha value is -2.36. The first-order valence-corrected chi connectivity index (χ1v) is 6.24. The molecule has 0 N–H and O–H groups in total. The summed E-state index contributed by atoms with van der Waals surface area (Å²) in [4.78, 5) is 15.7. The number of hydrogen-bond acceptors (Lipinski definition) is 3. The Morgan fingerprint density at radius 1 is 1.26 bits per heavy atom. The Morgan fingerprint density at radius 2 is 2.11 bits per heavy atom. The van der Waals surface area contributed by atoms with Crippen LogP contribution in [0.25, 0.3) is 22.2 Å². The first kappa shape index (κ1) is 11.7. The molecule has 3 aromatic rings. The van der Waals surface area contributed by atoms with Gasteiger partial charge >= 0.3 is 5.63 Å². The molecule has 0 unspecified atom stereocenters. The minimum absolute atomic E-state index is 0.373. The third-order valence-electron chi connectivity index (χ3n) is 3.29. The number of hydrogen-bond donors (Lipinski definition) is 0. The van der Waals surface area contributed by atoms with Crippen LogP contribution in [-0.4, -0.2) is 9.72 Å². The molecule has 0 radical (unpaired) electrons. The Balaban J connectivity index is 2.19. The van der Waals surface area contributed by atoms with Gasteiger partial charge in [0, 0.05) is 18.8 Å². The van der Waals surface area contributed by atoms with Gasteiger partial charge in [-0.25, -0.2) is 14.5 Å². The molecule has 2 aromatic heterocycles. The van der Waals surface area contributed by atoms with Crippen LogP contribution < -0.4 is 5.63 Å². The van der Waals surface area contributed by atoms with Gasteiger partial charge in [-0.3, -0.25) is 0 Å². The number of nitrogens with zero attached hydrogens (tertiary/aromatic N) is 2. The van der Waals surface area contributed by atoms with Crippen LogP contribution in [0, 0.1) is 0 Å². The van der Waals surface area contributed by atoms with E-state index in [4.69, 9.17) is 4.52 Å². The van der Waals surface area contributed by atoms with Gasteiger partial charge in [0.15, 0.2) is 5.52 Å². The van der Waals surface area contributed by atoms with Crippen LogP contribution in [0.5, 0.6) is 0 Å². The zero-order valence-electron chi connectivity index (χ0n) is 10.9. The summed E-state index contributed by atoms with van der Waals surface area (Å²) in [5.74, 6) is 0. The first-order valence-electron chi connectivity index (χ1n) is 6.24. The van der Waals surface area contributed by atoms with Crippen molar-refractivity contribution in [1.82, 2.24) is 9.72 Å². The molecule has 1 aromatic carbocycles. The third kappa shape index (κ3) is 1.95. The number of aryl methyl sites for hydroxylation is 2. The van der Waals surface area contributed by atoms with Crippen LogP contribution >= 0.6 is 0 Å². The standard InChI is InChI=1S/C15H14N2O2/c1-3-10-5-4-6-11(7-10)12-8-13-14(16-9-12)15(18)19-17(13)2/h4-9H,3H2,1-2H3. The molecule has 0 atom stereocenters. The van der Waals surface area contributed by atoms with Gasteiger partial charge in [-0.2, -0.15) is 0 Å². The number of rotatable bonds is 2. The lowest BCUT2D eigenvalue weighted by Gasteiger charge is -2.04. The van der Waals surface area contributed by atoms with Crippen LogP contribution in [0.3, 0.4) is 0 Å². The lowest BCUT2D eigenvalue weighted by Crippen LogP contribution is -1.94. The fraction of sp³-hybridized carbons (Fsp3) is 0.200. The second-order valence-corrected chi connectivity index (χ2v) is 4.52. The summed E-state index contributed by atoms with van der Waals surface area (Å²) in [6.45, 7) is 2.13. The number of fused-ring (bicyclic) bond motifs is 1. The van der Waals surface area contributed by atoms with E-state index in [0.29, 0.717) is 11.0 Å². The minimum atomic E-state index is -0.397. The lowest BCUT2D eigenvalue weighted by molar-refractivity contribution is 0.296. The van der Waals surface area contributed by atoms with Crippen molar-refractivity contribution in [2.45, 2.75) is 13.3 Å². The van der Waals surface area contributed by atoms with Crippen LogP contribution in [0.4, 0.5) is 0 Å². The molecule has 19 heavy (non-hydrogen) atoms. The molecule has 0 aliphatic heterocycles. The fourth-order valence-corrected chi connectivity index (χ4v) is 2.20. The maximum Gasteiger partial charge on any atom is 0.383 e. The topological polar surface area (TPSA) is 48.0 Å². The van der Waals surface area contributed by atoms with E-state index in [2.05, 4.69) is 24.0 Å². The Morgan fingerprint density at radius 3 is 2.89 bits per heavy atom. The highest BCUT2D eigenvalue weighted by atomic mass is 16.5. The van der Waals surface area contributed by atoms with Crippen molar-refractivity contribution in [2.75, 3.05) is 0 Å². The molecule has 0 saturated carbocycles. The van der Waals surface area contributed by atoms with E-state index in [1.54, 1.807) is 13.2 Å². The Bertz CT molecular complexity index is 799. The van der Waals surface area contributed by atoms with E-state index >= 15 is 0 Å². The molecular formula is C15H14N2O2. The normalized spacial score (nSPS) is 11.1. The van der Waals surface area contributed by atoms with Crippen LogP contribution in [0.1, 0.15) is 12.5 Å². The number of benzene rings is 1. The van der Waals surface area contributed by atoms with Gasteiger partial charge < -0.3 is 4.52 Å². The largest absolute Gasteiger partial charge is 0.383 e. The van der Waals surface area contributed by atoms with Crippen molar-refractivity contribution in [3.05, 3.63) is 52.5 Å². The number of aromatic nitrogens is 2. The van der Waals surface area contributed by atoms with Gasteiger partial charge in [0.1, 0.15) is 5.52 Å². The summed E-state index contributed by atoms with van der Waals surface area (Å²) in [6.07, 6.45) is 2.71. The van der Waals surface area contributed by atoms with E-state index in [9.17, 15) is 4.79 Å². The molecule has 0 fully saturated rings. The Kier molecular flexibility index (Phi) is 2.71. The van der Waals surface area contributed by atoms with Gasteiger partial charge in [0.05, 0.1) is 0 Å². The summed E-state index contributed by atoms with van der Waals surface area (Å²) in [5, 5.41) is 0. The summed E-state index contributed by atoms with van der Waals surface area (Å²) in [6, 6.07) is 10.2. The highest BCUT2D eigenvalue weighted by molar-refractivity contribution is 5.79. The van der Waals surface area contributed by atoms with Crippen molar-refractivity contribution in [3.8, 4) is 11.1 Å². The summed E-state index contributed by atoms with van der Waals surface area (Å²) in [5.41, 5.74) is 4.05. The third-order valence-corrected chi connectivity index (χ3v) is 3.29. The molecule has 3 rings (SSSR count).